The van der Waals surface area contributed by atoms with Gasteiger partial charge in [0.05, 0.1) is 21.9 Å². The molecule has 0 radical (unpaired) electrons. The molecule has 2 aliphatic rings. The van der Waals surface area contributed by atoms with Crippen molar-refractivity contribution in [2.75, 3.05) is 23.8 Å². The summed E-state index contributed by atoms with van der Waals surface area (Å²) in [6, 6.07) is 4.07. The zero-order valence-corrected chi connectivity index (χ0v) is 21.1. The number of nitrogens with one attached hydrogen (secondary N) is 2. The van der Waals surface area contributed by atoms with Crippen molar-refractivity contribution >= 4 is 57.9 Å². The first-order chi connectivity index (χ1) is 16.9. The number of hydrogen-bond donors (Lipinski definition) is 3. The Balaban J connectivity index is 1.52. The van der Waals surface area contributed by atoms with Crippen LogP contribution in [0.2, 0.25) is 10.0 Å². The Labute approximate surface area is 213 Å². The third kappa shape index (κ3) is 5.17. The van der Waals surface area contributed by atoms with Crippen molar-refractivity contribution in [1.82, 2.24) is 19.5 Å². The number of nitrogens with two attached hydrogens (primary N) is 1. The molecule has 1 saturated heterocycles. The number of hydrogen-bond acceptors (Lipinski definition) is 7. The number of halogens is 2. The number of nitrogens with zero attached hydrogens (tertiary/aromatic N) is 4. The van der Waals surface area contributed by atoms with Gasteiger partial charge in [0.2, 0.25) is 17.8 Å². The van der Waals surface area contributed by atoms with Gasteiger partial charge < -0.3 is 21.1 Å². The molecule has 0 bridgehead atoms. The molecule has 3 aromatic rings. The number of aryl methyl sites for hydroxylation is 1. The van der Waals surface area contributed by atoms with Gasteiger partial charge in [-0.15, -0.1) is 0 Å². The highest BCUT2D eigenvalue weighted by molar-refractivity contribution is 6.39. The van der Waals surface area contributed by atoms with E-state index in [0.717, 1.165) is 62.9 Å². The molecule has 0 spiro atoms. The number of primary amides is 1. The normalized spacial score (nSPS) is 21.2. The first kappa shape index (κ1) is 24.1. The van der Waals surface area contributed by atoms with Gasteiger partial charge in [0, 0.05) is 31.2 Å². The van der Waals surface area contributed by atoms with Gasteiger partial charge in [0.1, 0.15) is 5.52 Å². The summed E-state index contributed by atoms with van der Waals surface area (Å²) in [6.45, 7) is 3.40. The zero-order valence-electron chi connectivity index (χ0n) is 19.6. The number of carbonyl (C=O) groups excluding carboxylic acids is 1. The molecule has 186 valence electrons. The lowest BCUT2D eigenvalue weighted by Crippen LogP contribution is -2.29. The fourth-order valence-electron chi connectivity index (χ4n) is 4.97. The van der Waals surface area contributed by atoms with E-state index in [1.54, 1.807) is 6.20 Å². The Morgan fingerprint density at radius 2 is 1.77 bits per heavy atom. The maximum Gasteiger partial charge on any atom is 0.224 e. The first-order valence-electron chi connectivity index (χ1n) is 12.0. The van der Waals surface area contributed by atoms with E-state index in [4.69, 9.17) is 43.6 Å². The van der Waals surface area contributed by atoms with E-state index >= 15 is 0 Å². The number of fused-ring (bicyclic) bond motifs is 1. The monoisotopic (exact) mass is 517 g/mol. The minimum Gasteiger partial charge on any atom is -0.381 e. The highest BCUT2D eigenvalue weighted by atomic mass is 35.5. The average molecular weight is 518 g/mol. The van der Waals surface area contributed by atoms with Crippen LogP contribution >= 0.6 is 23.2 Å². The van der Waals surface area contributed by atoms with Crippen LogP contribution in [0.25, 0.3) is 11.2 Å². The largest absolute Gasteiger partial charge is 0.381 e. The van der Waals surface area contributed by atoms with E-state index < -0.39 is 0 Å². The first-order valence-corrected chi connectivity index (χ1v) is 12.8. The van der Waals surface area contributed by atoms with Crippen LogP contribution in [-0.4, -0.2) is 44.7 Å². The van der Waals surface area contributed by atoms with Crippen molar-refractivity contribution < 1.29 is 9.53 Å². The van der Waals surface area contributed by atoms with E-state index in [1.165, 1.54) is 0 Å². The van der Waals surface area contributed by atoms with Crippen LogP contribution in [0.3, 0.4) is 0 Å². The SMILES string of the molecule is Cc1cc(Cl)c(Nc2nc3cnc(NC4CCOCC4)nc3n2[C@H]2CC[C@H](C(N)=O)CC2)c(Cl)c1. The van der Waals surface area contributed by atoms with E-state index in [2.05, 4.69) is 20.2 Å². The summed E-state index contributed by atoms with van der Waals surface area (Å²) >= 11 is 13.1. The third-order valence-corrected chi connectivity index (χ3v) is 7.47. The van der Waals surface area contributed by atoms with Crippen molar-refractivity contribution in [2.24, 2.45) is 11.7 Å². The molecule has 0 unspecified atom stereocenters. The van der Waals surface area contributed by atoms with Crippen LogP contribution in [0.5, 0.6) is 0 Å². The number of rotatable bonds is 6. The topological polar surface area (TPSA) is 120 Å². The van der Waals surface area contributed by atoms with Gasteiger partial charge in [-0.25, -0.2) is 9.97 Å². The minimum atomic E-state index is -0.235. The van der Waals surface area contributed by atoms with Crippen LogP contribution in [0, 0.1) is 12.8 Å². The van der Waals surface area contributed by atoms with Gasteiger partial charge in [0.25, 0.3) is 0 Å². The lowest BCUT2D eigenvalue weighted by Gasteiger charge is -2.29. The van der Waals surface area contributed by atoms with E-state index in [9.17, 15) is 4.79 Å². The van der Waals surface area contributed by atoms with Crippen LogP contribution in [0.15, 0.2) is 18.3 Å². The molecule has 0 atom stereocenters. The molecule has 1 aliphatic carbocycles. The summed E-state index contributed by atoms with van der Waals surface area (Å²) in [5.41, 5.74) is 8.52. The van der Waals surface area contributed by atoms with Crippen molar-refractivity contribution in [3.63, 3.8) is 0 Å². The summed E-state index contributed by atoms with van der Waals surface area (Å²) in [6.07, 6.45) is 6.58. The summed E-state index contributed by atoms with van der Waals surface area (Å²) in [5, 5.41) is 7.82. The highest BCUT2D eigenvalue weighted by Crippen LogP contribution is 2.39. The van der Waals surface area contributed by atoms with Gasteiger partial charge >= 0.3 is 0 Å². The number of aromatic nitrogens is 4. The standard InChI is InChI=1S/C24H29Cl2N7O2/c1-13-10-17(25)20(18(26)11-13)31-24-30-19-12-28-23(29-15-6-8-35-9-7-15)32-22(19)33(24)16-4-2-14(3-5-16)21(27)34/h10-12,14-16H,2-9H2,1H3,(H2,27,34)(H,30,31)(H,28,29,32)/t14-,16-. The summed E-state index contributed by atoms with van der Waals surface area (Å²) in [4.78, 5) is 25.9. The zero-order chi connectivity index (χ0) is 24.5. The van der Waals surface area contributed by atoms with Crippen LogP contribution in [-0.2, 0) is 9.53 Å². The molecule has 1 saturated carbocycles. The smallest absolute Gasteiger partial charge is 0.224 e. The van der Waals surface area contributed by atoms with Crippen molar-refractivity contribution in [3.05, 3.63) is 33.9 Å². The highest BCUT2D eigenvalue weighted by Gasteiger charge is 2.29. The Hall–Kier alpha value is -2.62. The molecule has 35 heavy (non-hydrogen) atoms. The second-order valence-electron chi connectivity index (χ2n) is 9.38. The Bertz CT molecular complexity index is 1210. The van der Waals surface area contributed by atoms with Gasteiger partial charge in [0.15, 0.2) is 5.65 Å². The lowest BCUT2D eigenvalue weighted by atomic mass is 9.85. The number of anilines is 3. The van der Waals surface area contributed by atoms with Gasteiger partial charge in [-0.1, -0.05) is 23.2 Å². The van der Waals surface area contributed by atoms with E-state index in [0.29, 0.717) is 33.1 Å². The number of imidazole rings is 1. The molecular weight excluding hydrogens is 489 g/mol. The molecule has 5 rings (SSSR count). The molecule has 11 heteroatoms. The lowest BCUT2D eigenvalue weighted by molar-refractivity contribution is -0.122. The molecule has 3 heterocycles. The van der Waals surface area contributed by atoms with Crippen molar-refractivity contribution in [3.8, 4) is 0 Å². The maximum atomic E-state index is 11.7. The Morgan fingerprint density at radius 3 is 2.43 bits per heavy atom. The molecule has 1 aliphatic heterocycles. The third-order valence-electron chi connectivity index (χ3n) is 6.87. The predicted molar refractivity (Wildman–Crippen MR) is 137 cm³/mol. The van der Waals surface area contributed by atoms with Crippen LogP contribution < -0.4 is 16.4 Å². The quantitative estimate of drug-likeness (QED) is 0.420. The molecule has 2 fully saturated rings. The molecule has 2 aromatic heterocycles. The number of ether oxygens (including phenoxy) is 1. The second kappa shape index (κ2) is 10.2. The summed E-state index contributed by atoms with van der Waals surface area (Å²) in [7, 11) is 0. The Kier molecular flexibility index (Phi) is 7.00. The molecule has 9 nitrogen and oxygen atoms in total. The van der Waals surface area contributed by atoms with Crippen LogP contribution in [0.1, 0.15) is 50.1 Å². The second-order valence-corrected chi connectivity index (χ2v) is 10.2. The molecule has 1 aromatic carbocycles. The van der Waals surface area contributed by atoms with Crippen LogP contribution in [0.4, 0.5) is 17.6 Å². The van der Waals surface area contributed by atoms with Crippen molar-refractivity contribution in [2.45, 2.75) is 57.5 Å². The van der Waals surface area contributed by atoms with E-state index in [1.807, 2.05) is 19.1 Å². The number of amides is 1. The van der Waals surface area contributed by atoms with E-state index in [-0.39, 0.29) is 23.9 Å². The van der Waals surface area contributed by atoms with Crippen molar-refractivity contribution in [1.29, 1.82) is 0 Å². The van der Waals surface area contributed by atoms with Gasteiger partial charge in [-0.3, -0.25) is 9.36 Å². The predicted octanol–water partition coefficient (Wildman–Crippen LogP) is 4.99. The average Bonchev–Trinajstić information content (AvgIpc) is 3.19. The molecular formula is C24H29Cl2N7O2. The minimum absolute atomic E-state index is 0.0897. The molecule has 1 amide bonds. The maximum absolute atomic E-state index is 11.7. The fraction of sp³-hybridized carbons (Fsp3) is 0.500. The number of benzene rings is 1. The number of carbonyl (C=O) groups is 1. The summed E-state index contributed by atoms with van der Waals surface area (Å²) in [5.74, 6) is 0.821. The summed E-state index contributed by atoms with van der Waals surface area (Å²) < 4.78 is 7.55. The van der Waals surface area contributed by atoms with Gasteiger partial charge in [-0.05, 0) is 63.1 Å². The fourth-order valence-corrected chi connectivity index (χ4v) is 5.66. The molecule has 4 N–H and O–H groups in total. The Morgan fingerprint density at radius 1 is 1.09 bits per heavy atom. The van der Waals surface area contributed by atoms with Gasteiger partial charge in [-0.2, -0.15) is 4.98 Å².